The molecule has 2 aromatic heterocycles. The number of nitrogens with zero attached hydrogens (tertiary/aromatic N) is 5. The first-order valence-corrected chi connectivity index (χ1v) is 9.03. The molecule has 0 aliphatic carbocycles. The second kappa shape index (κ2) is 7.04. The number of halogens is 1. The number of anilines is 1. The van der Waals surface area contributed by atoms with E-state index in [0.29, 0.717) is 18.9 Å². The van der Waals surface area contributed by atoms with Crippen molar-refractivity contribution < 1.29 is 0 Å². The molecule has 0 atom stereocenters. The average molecular weight is 380 g/mol. The van der Waals surface area contributed by atoms with Gasteiger partial charge in [-0.2, -0.15) is 5.26 Å². The molecule has 0 unspecified atom stereocenters. The van der Waals surface area contributed by atoms with Crippen molar-refractivity contribution in [2.45, 2.75) is 6.54 Å². The lowest BCUT2D eigenvalue weighted by atomic mass is 10.2. The van der Waals surface area contributed by atoms with Crippen LogP contribution < -0.4 is 16.1 Å². The Hall–Kier alpha value is -2.08. The van der Waals surface area contributed by atoms with Gasteiger partial charge in [0.2, 0.25) is 0 Å². The number of piperazine rings is 1. The van der Waals surface area contributed by atoms with Crippen LogP contribution in [0.2, 0.25) is 4.34 Å². The highest BCUT2D eigenvalue weighted by Gasteiger charge is 2.24. The normalized spacial score (nSPS) is 15.4. The maximum atomic E-state index is 12.2. The van der Waals surface area contributed by atoms with Crippen molar-refractivity contribution in [1.82, 2.24) is 14.0 Å². The number of hydrogen-bond donors (Lipinski definition) is 0. The molecule has 1 saturated heterocycles. The molecule has 25 heavy (non-hydrogen) atoms. The Bertz CT molecular complexity index is 947. The van der Waals surface area contributed by atoms with Crippen LogP contribution in [0.4, 0.5) is 5.82 Å². The third-order valence-electron chi connectivity index (χ3n) is 4.43. The van der Waals surface area contributed by atoms with Crippen LogP contribution in [0.15, 0.2) is 21.7 Å². The van der Waals surface area contributed by atoms with E-state index in [1.54, 1.807) is 18.4 Å². The quantitative estimate of drug-likeness (QED) is 0.795. The number of rotatable bonds is 3. The van der Waals surface area contributed by atoms with Gasteiger partial charge in [-0.25, -0.2) is 4.79 Å². The molecule has 132 valence electrons. The Kier molecular flexibility index (Phi) is 4.99. The van der Waals surface area contributed by atoms with E-state index in [9.17, 15) is 14.9 Å². The largest absolute Gasteiger partial charge is 0.354 e. The van der Waals surface area contributed by atoms with E-state index in [1.807, 2.05) is 23.1 Å². The second-order valence-electron chi connectivity index (χ2n) is 5.99. The summed E-state index contributed by atoms with van der Waals surface area (Å²) in [6.45, 7) is 3.68. The van der Waals surface area contributed by atoms with Crippen molar-refractivity contribution >= 4 is 28.8 Å². The highest BCUT2D eigenvalue weighted by atomic mass is 35.5. The van der Waals surface area contributed by atoms with E-state index in [0.717, 1.165) is 28.5 Å². The molecule has 0 bridgehead atoms. The molecule has 3 heterocycles. The van der Waals surface area contributed by atoms with E-state index in [2.05, 4.69) is 4.90 Å². The molecule has 0 saturated carbocycles. The SMILES string of the molecule is Cn1c(N2CCN(Cc3ccc(Cl)s3)CC2)c(C#N)c(=O)n(C)c1=O. The molecule has 0 amide bonds. The van der Waals surface area contributed by atoms with Crippen molar-refractivity contribution in [3.05, 3.63) is 47.7 Å². The maximum absolute atomic E-state index is 12.2. The van der Waals surface area contributed by atoms with Gasteiger partial charge in [-0.05, 0) is 12.1 Å². The lowest BCUT2D eigenvalue weighted by Crippen LogP contribution is -2.50. The molecule has 3 rings (SSSR count). The van der Waals surface area contributed by atoms with Gasteiger partial charge in [0, 0.05) is 51.7 Å². The topological polar surface area (TPSA) is 74.3 Å². The monoisotopic (exact) mass is 379 g/mol. The van der Waals surface area contributed by atoms with Crippen LogP contribution in [0, 0.1) is 11.3 Å². The van der Waals surface area contributed by atoms with E-state index in [1.165, 1.54) is 16.5 Å². The van der Waals surface area contributed by atoms with Gasteiger partial charge < -0.3 is 4.90 Å². The van der Waals surface area contributed by atoms with Crippen molar-refractivity contribution in [2.75, 3.05) is 31.1 Å². The Balaban J connectivity index is 1.81. The molecule has 2 aromatic rings. The van der Waals surface area contributed by atoms with E-state index in [4.69, 9.17) is 11.6 Å². The summed E-state index contributed by atoms with van der Waals surface area (Å²) in [5, 5.41) is 9.39. The molecular weight excluding hydrogens is 362 g/mol. The third kappa shape index (κ3) is 3.35. The average Bonchev–Trinajstić information content (AvgIpc) is 3.02. The van der Waals surface area contributed by atoms with Crippen LogP contribution in [0.25, 0.3) is 0 Å². The van der Waals surface area contributed by atoms with E-state index >= 15 is 0 Å². The standard InChI is InChI=1S/C16H18ClN5O2S/c1-19-14(12(9-18)15(23)20(2)16(19)24)22-7-5-21(6-8-22)10-11-3-4-13(17)25-11/h3-4H,5-8,10H2,1-2H3. The molecule has 0 radical (unpaired) electrons. The fourth-order valence-corrected chi connectivity index (χ4v) is 4.21. The Morgan fingerprint density at radius 1 is 1.16 bits per heavy atom. The zero-order valence-corrected chi connectivity index (χ0v) is 15.6. The molecule has 0 N–H and O–H groups in total. The smallest absolute Gasteiger partial charge is 0.332 e. The lowest BCUT2D eigenvalue weighted by Gasteiger charge is -2.36. The summed E-state index contributed by atoms with van der Waals surface area (Å²) >= 11 is 7.54. The fraction of sp³-hybridized carbons (Fsp3) is 0.438. The zero-order chi connectivity index (χ0) is 18.1. The first-order valence-electron chi connectivity index (χ1n) is 7.84. The Morgan fingerprint density at radius 3 is 2.40 bits per heavy atom. The zero-order valence-electron chi connectivity index (χ0n) is 14.0. The van der Waals surface area contributed by atoms with Crippen molar-refractivity contribution in [1.29, 1.82) is 5.26 Å². The van der Waals surface area contributed by atoms with E-state index in [-0.39, 0.29) is 5.56 Å². The number of nitriles is 1. The highest BCUT2D eigenvalue weighted by Crippen LogP contribution is 2.24. The van der Waals surface area contributed by atoms with Crippen molar-refractivity contribution in [2.24, 2.45) is 14.1 Å². The van der Waals surface area contributed by atoms with Crippen LogP contribution in [-0.4, -0.2) is 40.2 Å². The van der Waals surface area contributed by atoms with E-state index < -0.39 is 11.2 Å². The number of aromatic nitrogens is 2. The molecule has 1 fully saturated rings. The number of thiophene rings is 1. The molecule has 1 aliphatic rings. The minimum Gasteiger partial charge on any atom is -0.354 e. The second-order valence-corrected chi connectivity index (χ2v) is 7.78. The molecule has 0 aromatic carbocycles. The summed E-state index contributed by atoms with van der Waals surface area (Å²) in [6.07, 6.45) is 0. The van der Waals surface area contributed by atoms with Gasteiger partial charge in [0.15, 0.2) is 5.56 Å². The van der Waals surface area contributed by atoms with Gasteiger partial charge in [0.1, 0.15) is 11.9 Å². The minimum atomic E-state index is -0.545. The van der Waals surface area contributed by atoms with Gasteiger partial charge >= 0.3 is 5.69 Å². The van der Waals surface area contributed by atoms with Crippen LogP contribution in [-0.2, 0) is 20.6 Å². The summed E-state index contributed by atoms with van der Waals surface area (Å²) < 4.78 is 3.13. The van der Waals surface area contributed by atoms with Gasteiger partial charge in [-0.3, -0.25) is 18.8 Å². The summed E-state index contributed by atoms with van der Waals surface area (Å²) in [6, 6.07) is 5.88. The van der Waals surface area contributed by atoms with Gasteiger partial charge in [-0.1, -0.05) is 11.6 Å². The summed E-state index contributed by atoms with van der Waals surface area (Å²) in [4.78, 5) is 29.9. The van der Waals surface area contributed by atoms with Crippen molar-refractivity contribution in [3.63, 3.8) is 0 Å². The predicted octanol–water partition coefficient (Wildman–Crippen LogP) is 0.993. The Labute approximate surface area is 153 Å². The summed E-state index contributed by atoms with van der Waals surface area (Å²) in [5.74, 6) is 0.411. The molecular formula is C16H18ClN5O2S. The summed E-state index contributed by atoms with van der Waals surface area (Å²) in [5.41, 5.74) is -0.950. The first-order chi connectivity index (χ1) is 11.9. The van der Waals surface area contributed by atoms with Gasteiger partial charge in [0.05, 0.1) is 4.34 Å². The van der Waals surface area contributed by atoms with Gasteiger partial charge in [-0.15, -0.1) is 11.3 Å². The maximum Gasteiger partial charge on any atom is 0.332 e. The number of hydrogen-bond acceptors (Lipinski definition) is 6. The molecule has 7 nitrogen and oxygen atoms in total. The molecule has 9 heteroatoms. The van der Waals surface area contributed by atoms with Gasteiger partial charge in [0.25, 0.3) is 5.56 Å². The Morgan fingerprint density at radius 2 is 1.84 bits per heavy atom. The molecule has 0 spiro atoms. The molecule has 1 aliphatic heterocycles. The predicted molar refractivity (Wildman–Crippen MR) is 98.5 cm³/mol. The minimum absolute atomic E-state index is 0.0167. The first kappa shape index (κ1) is 17.7. The van der Waals surface area contributed by atoms with Crippen LogP contribution >= 0.6 is 22.9 Å². The van der Waals surface area contributed by atoms with Crippen LogP contribution in [0.3, 0.4) is 0 Å². The third-order valence-corrected chi connectivity index (χ3v) is 5.64. The fourth-order valence-electron chi connectivity index (χ4n) is 3.08. The van der Waals surface area contributed by atoms with Crippen LogP contribution in [0.5, 0.6) is 0 Å². The lowest BCUT2D eigenvalue weighted by molar-refractivity contribution is 0.250. The summed E-state index contributed by atoms with van der Waals surface area (Å²) in [7, 11) is 2.98. The van der Waals surface area contributed by atoms with Crippen molar-refractivity contribution in [3.8, 4) is 6.07 Å². The highest BCUT2D eigenvalue weighted by molar-refractivity contribution is 7.16. The van der Waals surface area contributed by atoms with Crippen LogP contribution in [0.1, 0.15) is 10.4 Å².